The Morgan fingerprint density at radius 1 is 1.40 bits per heavy atom. The van der Waals surface area contributed by atoms with Crippen LogP contribution in [-0.2, 0) is 0 Å². The molecule has 2 N–H and O–H groups in total. The Labute approximate surface area is 119 Å². The van der Waals surface area contributed by atoms with Gasteiger partial charge >= 0.3 is 0 Å². The van der Waals surface area contributed by atoms with E-state index in [2.05, 4.69) is 5.32 Å². The van der Waals surface area contributed by atoms with Crippen LogP contribution in [0.2, 0.25) is 0 Å². The molecule has 0 aliphatic carbocycles. The second-order valence-corrected chi connectivity index (χ2v) is 5.35. The first-order valence-corrected chi connectivity index (χ1v) is 6.88. The van der Waals surface area contributed by atoms with Crippen LogP contribution in [0.1, 0.15) is 33.6 Å². The van der Waals surface area contributed by atoms with Crippen LogP contribution in [0.3, 0.4) is 0 Å². The molecule has 20 heavy (non-hydrogen) atoms. The van der Waals surface area contributed by atoms with Gasteiger partial charge in [0.1, 0.15) is 5.82 Å². The molecule has 0 saturated heterocycles. The van der Waals surface area contributed by atoms with Crippen molar-refractivity contribution in [3.05, 3.63) is 29.8 Å². The van der Waals surface area contributed by atoms with Crippen LogP contribution in [0.15, 0.2) is 18.2 Å². The molecule has 1 aromatic rings. The van der Waals surface area contributed by atoms with Gasteiger partial charge in [0.2, 0.25) is 0 Å². The van der Waals surface area contributed by atoms with Gasteiger partial charge in [0.25, 0.3) is 0 Å². The van der Waals surface area contributed by atoms with E-state index < -0.39 is 17.2 Å². The van der Waals surface area contributed by atoms with Gasteiger partial charge in [0.15, 0.2) is 11.6 Å². The number of aliphatic hydroxyl groups is 1. The van der Waals surface area contributed by atoms with Gasteiger partial charge in [0, 0.05) is 18.0 Å². The predicted octanol–water partition coefficient (Wildman–Crippen LogP) is 2.87. The molecule has 0 saturated carbocycles. The van der Waals surface area contributed by atoms with Gasteiger partial charge in [-0.3, -0.25) is 0 Å². The molecular weight excluding hydrogens is 264 g/mol. The van der Waals surface area contributed by atoms with Crippen molar-refractivity contribution >= 4 is 0 Å². The van der Waals surface area contributed by atoms with Crippen LogP contribution in [-0.4, -0.2) is 29.9 Å². The topological polar surface area (TPSA) is 41.5 Å². The monoisotopic (exact) mass is 287 g/mol. The molecule has 2 unspecified atom stereocenters. The fraction of sp³-hybridized carbons (Fsp3) is 0.600. The first-order chi connectivity index (χ1) is 9.40. The Kier molecular flexibility index (Phi) is 6.36. The van der Waals surface area contributed by atoms with Gasteiger partial charge in [-0.2, -0.15) is 0 Å². The first-order valence-electron chi connectivity index (χ1n) is 6.88. The van der Waals surface area contributed by atoms with E-state index in [1.807, 2.05) is 13.8 Å². The molecule has 0 spiro atoms. The summed E-state index contributed by atoms with van der Waals surface area (Å²) in [6.45, 7) is 6.41. The summed E-state index contributed by atoms with van der Waals surface area (Å²) < 4.78 is 32.0. The quantitative estimate of drug-likeness (QED) is 0.772. The van der Waals surface area contributed by atoms with E-state index in [9.17, 15) is 13.9 Å². The Hall–Kier alpha value is -1.20. The van der Waals surface area contributed by atoms with Gasteiger partial charge < -0.3 is 15.2 Å². The molecule has 114 valence electrons. The number of hydrogen-bond acceptors (Lipinski definition) is 3. The molecule has 5 heteroatoms. The summed E-state index contributed by atoms with van der Waals surface area (Å²) in [6, 6.07) is 3.12. The molecule has 0 heterocycles. The summed E-state index contributed by atoms with van der Waals surface area (Å²) in [4.78, 5) is 0. The molecule has 0 fully saturated rings. The lowest BCUT2D eigenvalue weighted by Gasteiger charge is -2.31. The molecule has 2 atom stereocenters. The van der Waals surface area contributed by atoms with Crippen molar-refractivity contribution in [1.29, 1.82) is 0 Å². The van der Waals surface area contributed by atoms with Crippen molar-refractivity contribution in [3.63, 3.8) is 0 Å². The molecule has 1 rings (SSSR count). The third-order valence-corrected chi connectivity index (χ3v) is 3.11. The SMILES string of the molecule is CCCNC(C)(CO)CC(C)Oc1cc(F)ccc1F. The highest BCUT2D eigenvalue weighted by Crippen LogP contribution is 2.22. The van der Waals surface area contributed by atoms with E-state index in [4.69, 9.17) is 4.74 Å². The molecule has 0 aliphatic rings. The van der Waals surface area contributed by atoms with E-state index in [0.717, 1.165) is 31.2 Å². The zero-order chi connectivity index (χ0) is 15.2. The predicted molar refractivity (Wildman–Crippen MR) is 74.8 cm³/mol. The lowest BCUT2D eigenvalue weighted by molar-refractivity contribution is 0.107. The number of rotatable bonds is 8. The third kappa shape index (κ3) is 5.06. The van der Waals surface area contributed by atoms with Crippen LogP contribution in [0.4, 0.5) is 8.78 Å². The van der Waals surface area contributed by atoms with Gasteiger partial charge in [0.05, 0.1) is 12.7 Å². The van der Waals surface area contributed by atoms with Crippen molar-refractivity contribution in [2.75, 3.05) is 13.2 Å². The maximum atomic E-state index is 13.5. The average Bonchev–Trinajstić information content (AvgIpc) is 2.40. The molecule has 0 radical (unpaired) electrons. The van der Waals surface area contributed by atoms with Gasteiger partial charge in [-0.15, -0.1) is 0 Å². The summed E-state index contributed by atoms with van der Waals surface area (Å²) in [6.07, 6.45) is 1.08. The van der Waals surface area contributed by atoms with E-state index >= 15 is 0 Å². The molecule has 3 nitrogen and oxygen atoms in total. The van der Waals surface area contributed by atoms with Crippen molar-refractivity contribution in [2.24, 2.45) is 0 Å². The fourth-order valence-electron chi connectivity index (χ4n) is 2.08. The Morgan fingerprint density at radius 3 is 2.70 bits per heavy atom. The van der Waals surface area contributed by atoms with Gasteiger partial charge in [-0.25, -0.2) is 8.78 Å². The maximum Gasteiger partial charge on any atom is 0.165 e. The summed E-state index contributed by atoms with van der Waals surface area (Å²) in [5.74, 6) is -1.23. The molecule has 0 aromatic heterocycles. The minimum atomic E-state index is -0.592. The van der Waals surface area contributed by atoms with Crippen LogP contribution in [0.25, 0.3) is 0 Å². The highest BCUT2D eigenvalue weighted by atomic mass is 19.1. The number of ether oxygens (including phenoxy) is 1. The third-order valence-electron chi connectivity index (χ3n) is 3.11. The summed E-state index contributed by atoms with van der Waals surface area (Å²) in [5, 5.41) is 12.7. The van der Waals surface area contributed by atoms with Crippen LogP contribution in [0.5, 0.6) is 5.75 Å². The molecule has 1 aromatic carbocycles. The number of nitrogens with one attached hydrogen (secondary N) is 1. The van der Waals surface area contributed by atoms with Crippen molar-refractivity contribution in [3.8, 4) is 5.75 Å². The highest BCUT2D eigenvalue weighted by Gasteiger charge is 2.26. The van der Waals surface area contributed by atoms with Gasteiger partial charge in [-0.05, 0) is 38.9 Å². The minimum absolute atomic E-state index is 0.0493. The summed E-state index contributed by atoms with van der Waals surface area (Å²) in [7, 11) is 0. The minimum Gasteiger partial charge on any atom is -0.487 e. The van der Waals surface area contributed by atoms with Crippen LogP contribution < -0.4 is 10.1 Å². The van der Waals surface area contributed by atoms with Crippen LogP contribution >= 0.6 is 0 Å². The number of benzene rings is 1. The summed E-state index contributed by atoms with van der Waals surface area (Å²) in [5.41, 5.74) is -0.501. The number of halogens is 2. The highest BCUT2D eigenvalue weighted by molar-refractivity contribution is 5.25. The van der Waals surface area contributed by atoms with Crippen molar-refractivity contribution < 1.29 is 18.6 Å². The lowest BCUT2D eigenvalue weighted by Crippen LogP contribution is -2.48. The average molecular weight is 287 g/mol. The Bertz CT molecular complexity index is 428. The van der Waals surface area contributed by atoms with E-state index in [0.29, 0.717) is 6.42 Å². The van der Waals surface area contributed by atoms with Crippen molar-refractivity contribution in [1.82, 2.24) is 5.32 Å². The lowest BCUT2D eigenvalue weighted by atomic mass is 9.95. The van der Waals surface area contributed by atoms with Crippen molar-refractivity contribution in [2.45, 2.75) is 45.3 Å². The number of aliphatic hydroxyl groups excluding tert-OH is 1. The normalized spacial score (nSPS) is 15.7. The Balaban J connectivity index is 2.65. The van der Waals surface area contributed by atoms with E-state index in [1.165, 1.54) is 0 Å². The Morgan fingerprint density at radius 2 is 2.10 bits per heavy atom. The van der Waals surface area contributed by atoms with Crippen LogP contribution in [0, 0.1) is 11.6 Å². The van der Waals surface area contributed by atoms with Gasteiger partial charge in [-0.1, -0.05) is 6.92 Å². The molecule has 0 bridgehead atoms. The first kappa shape index (κ1) is 16.9. The second kappa shape index (κ2) is 7.55. The largest absolute Gasteiger partial charge is 0.487 e. The summed E-state index contributed by atoms with van der Waals surface area (Å²) >= 11 is 0. The van der Waals surface area contributed by atoms with E-state index in [1.54, 1.807) is 6.92 Å². The molecular formula is C15H23F2NO2. The maximum absolute atomic E-state index is 13.5. The zero-order valence-electron chi connectivity index (χ0n) is 12.2. The standard InChI is InChI=1S/C15H23F2NO2/c1-4-7-18-15(3,10-19)9-11(2)20-14-8-12(16)5-6-13(14)17/h5-6,8,11,18-19H,4,7,9-10H2,1-3H3. The zero-order valence-corrected chi connectivity index (χ0v) is 12.2. The second-order valence-electron chi connectivity index (χ2n) is 5.35. The number of hydrogen-bond donors (Lipinski definition) is 2. The fourth-order valence-corrected chi connectivity index (χ4v) is 2.08. The molecule has 0 amide bonds. The smallest absolute Gasteiger partial charge is 0.165 e. The molecule has 0 aliphatic heterocycles. The van der Waals surface area contributed by atoms with E-state index in [-0.39, 0.29) is 18.5 Å².